The van der Waals surface area contributed by atoms with Gasteiger partial charge in [-0.25, -0.2) is 0 Å². The van der Waals surface area contributed by atoms with Crippen LogP contribution in [0.1, 0.15) is 30.5 Å². The number of rotatable bonds is 2. The summed E-state index contributed by atoms with van der Waals surface area (Å²) < 4.78 is 5.17. The zero-order valence-electron chi connectivity index (χ0n) is 10.2. The van der Waals surface area contributed by atoms with Crippen LogP contribution >= 0.6 is 0 Å². The molecule has 1 aromatic carbocycles. The number of carbonyl (C=O) groups is 1. The van der Waals surface area contributed by atoms with E-state index < -0.39 is 0 Å². The first-order valence-electron chi connectivity index (χ1n) is 6.07. The molecule has 0 bridgehead atoms. The summed E-state index contributed by atoms with van der Waals surface area (Å²) in [4.78, 5) is 11.8. The molecule has 3 nitrogen and oxygen atoms in total. The average molecular weight is 241 g/mol. The molecule has 2 unspecified atom stereocenters. The van der Waals surface area contributed by atoms with Crippen LogP contribution in [0.3, 0.4) is 0 Å². The van der Waals surface area contributed by atoms with Crippen LogP contribution in [0.25, 0.3) is 0 Å². The molecule has 18 heavy (non-hydrogen) atoms. The first-order chi connectivity index (χ1) is 8.70. The lowest BCUT2D eigenvalue weighted by atomic mass is 9.75. The van der Waals surface area contributed by atoms with Crippen molar-refractivity contribution in [3.8, 4) is 0 Å². The third-order valence-electron chi connectivity index (χ3n) is 3.78. The van der Waals surface area contributed by atoms with E-state index in [1.54, 1.807) is 12.5 Å². The fourth-order valence-corrected chi connectivity index (χ4v) is 2.76. The Balaban J connectivity index is 2.05. The van der Waals surface area contributed by atoms with E-state index in [0.717, 1.165) is 11.1 Å². The van der Waals surface area contributed by atoms with Crippen molar-refractivity contribution in [3.63, 3.8) is 0 Å². The molecular formula is C15H15NO2. The minimum absolute atomic E-state index is 0.00352. The van der Waals surface area contributed by atoms with Crippen molar-refractivity contribution in [1.82, 2.24) is 5.32 Å². The summed E-state index contributed by atoms with van der Waals surface area (Å²) in [6, 6.07) is 12.0. The lowest BCUT2D eigenvalue weighted by Gasteiger charge is -2.29. The predicted octanol–water partition coefficient (Wildman–Crippen LogP) is 2.80. The maximum Gasteiger partial charge on any atom is 0.221 e. The zero-order valence-corrected chi connectivity index (χ0v) is 10.2. The van der Waals surface area contributed by atoms with Crippen LogP contribution in [0.5, 0.6) is 0 Å². The molecule has 1 fully saturated rings. The van der Waals surface area contributed by atoms with Crippen molar-refractivity contribution in [3.05, 3.63) is 60.1 Å². The summed E-state index contributed by atoms with van der Waals surface area (Å²) in [5.41, 5.74) is 1.95. The van der Waals surface area contributed by atoms with Crippen molar-refractivity contribution >= 4 is 5.91 Å². The average Bonchev–Trinajstić information content (AvgIpc) is 2.99. The summed E-state index contributed by atoms with van der Waals surface area (Å²) in [5, 5.41) is 3.07. The molecule has 2 heterocycles. The Kier molecular flexibility index (Phi) is 2.47. The van der Waals surface area contributed by atoms with Gasteiger partial charge in [0.1, 0.15) is 0 Å². The third kappa shape index (κ3) is 1.63. The normalized spacial score (nSPS) is 27.2. The van der Waals surface area contributed by atoms with Crippen molar-refractivity contribution < 1.29 is 9.21 Å². The second-order valence-electron chi connectivity index (χ2n) is 5.02. The molecule has 0 radical (unpaired) electrons. The fraction of sp³-hybridized carbons (Fsp3) is 0.267. The lowest BCUT2D eigenvalue weighted by Crippen LogP contribution is -2.30. The van der Waals surface area contributed by atoms with Gasteiger partial charge in [0.2, 0.25) is 5.91 Å². The van der Waals surface area contributed by atoms with Gasteiger partial charge in [0, 0.05) is 11.8 Å². The Labute approximate surface area is 106 Å². The minimum atomic E-state index is -0.245. The van der Waals surface area contributed by atoms with Gasteiger partial charge < -0.3 is 9.73 Å². The van der Waals surface area contributed by atoms with Crippen LogP contribution in [0, 0.1) is 0 Å². The monoisotopic (exact) mass is 241 g/mol. The Morgan fingerprint density at radius 1 is 1.28 bits per heavy atom. The van der Waals surface area contributed by atoms with Crippen LogP contribution < -0.4 is 5.32 Å². The number of amides is 1. The van der Waals surface area contributed by atoms with E-state index in [4.69, 9.17) is 4.42 Å². The summed E-state index contributed by atoms with van der Waals surface area (Å²) in [7, 11) is 0. The maximum absolute atomic E-state index is 11.8. The summed E-state index contributed by atoms with van der Waals surface area (Å²) in [5.74, 6) is 0.0903. The molecule has 2 aromatic rings. The van der Waals surface area contributed by atoms with E-state index in [1.165, 1.54) is 0 Å². The molecule has 0 saturated carbocycles. The smallest absolute Gasteiger partial charge is 0.221 e. The van der Waals surface area contributed by atoms with Gasteiger partial charge in [0.25, 0.3) is 0 Å². The molecule has 92 valence electrons. The van der Waals surface area contributed by atoms with Gasteiger partial charge in [-0.15, -0.1) is 0 Å². The van der Waals surface area contributed by atoms with E-state index in [9.17, 15) is 4.79 Å². The standard InChI is InChI=1S/C15H15NO2/c1-15(12-7-8-18-10-12)9-13(17)16-14(15)11-5-3-2-4-6-11/h2-8,10,14H,9H2,1H3,(H,16,17). The lowest BCUT2D eigenvalue weighted by molar-refractivity contribution is -0.119. The van der Waals surface area contributed by atoms with Gasteiger partial charge in [0.15, 0.2) is 0 Å². The molecule has 3 rings (SSSR count). The van der Waals surface area contributed by atoms with Crippen molar-refractivity contribution in [2.45, 2.75) is 24.8 Å². The molecule has 1 amide bonds. The van der Waals surface area contributed by atoms with E-state index >= 15 is 0 Å². The van der Waals surface area contributed by atoms with Crippen LogP contribution in [-0.2, 0) is 10.2 Å². The molecule has 1 aliphatic rings. The van der Waals surface area contributed by atoms with E-state index in [0.29, 0.717) is 6.42 Å². The molecule has 1 saturated heterocycles. The van der Waals surface area contributed by atoms with Gasteiger partial charge in [-0.3, -0.25) is 4.79 Å². The number of hydrogen-bond donors (Lipinski definition) is 1. The van der Waals surface area contributed by atoms with Crippen LogP contribution in [0.2, 0.25) is 0 Å². The second-order valence-corrected chi connectivity index (χ2v) is 5.02. The molecular weight excluding hydrogens is 226 g/mol. The highest BCUT2D eigenvalue weighted by Crippen LogP contribution is 2.44. The number of nitrogens with one attached hydrogen (secondary N) is 1. The first kappa shape index (κ1) is 11.1. The predicted molar refractivity (Wildman–Crippen MR) is 68.0 cm³/mol. The highest BCUT2D eigenvalue weighted by atomic mass is 16.3. The highest BCUT2D eigenvalue weighted by molar-refractivity contribution is 5.81. The number of hydrogen-bond acceptors (Lipinski definition) is 2. The summed E-state index contributed by atoms with van der Waals surface area (Å²) in [6.45, 7) is 2.10. The second kappa shape index (κ2) is 4.02. The van der Waals surface area contributed by atoms with E-state index in [-0.39, 0.29) is 17.4 Å². The molecule has 0 spiro atoms. The van der Waals surface area contributed by atoms with Gasteiger partial charge in [-0.05, 0) is 17.2 Å². The largest absolute Gasteiger partial charge is 0.472 e. The molecule has 0 aliphatic carbocycles. The van der Waals surface area contributed by atoms with Crippen molar-refractivity contribution in [2.75, 3.05) is 0 Å². The van der Waals surface area contributed by atoms with Crippen LogP contribution in [0.4, 0.5) is 0 Å². The topological polar surface area (TPSA) is 42.2 Å². The van der Waals surface area contributed by atoms with Gasteiger partial charge in [-0.2, -0.15) is 0 Å². The van der Waals surface area contributed by atoms with Gasteiger partial charge in [-0.1, -0.05) is 37.3 Å². The summed E-state index contributed by atoms with van der Waals surface area (Å²) >= 11 is 0. The quantitative estimate of drug-likeness (QED) is 0.878. The molecule has 1 aliphatic heterocycles. The molecule has 3 heteroatoms. The molecule has 1 aromatic heterocycles. The first-order valence-corrected chi connectivity index (χ1v) is 6.07. The molecule has 1 N–H and O–H groups in total. The number of carbonyl (C=O) groups excluding carboxylic acids is 1. The molecule has 2 atom stereocenters. The van der Waals surface area contributed by atoms with E-state index in [1.807, 2.05) is 24.3 Å². The van der Waals surface area contributed by atoms with E-state index in [2.05, 4.69) is 24.4 Å². The van der Waals surface area contributed by atoms with Crippen molar-refractivity contribution in [1.29, 1.82) is 0 Å². The highest BCUT2D eigenvalue weighted by Gasteiger charge is 2.45. The van der Waals surface area contributed by atoms with Gasteiger partial charge in [0.05, 0.1) is 18.6 Å². The maximum atomic E-state index is 11.8. The Hall–Kier alpha value is -2.03. The number of furan rings is 1. The van der Waals surface area contributed by atoms with Crippen molar-refractivity contribution in [2.24, 2.45) is 0 Å². The van der Waals surface area contributed by atoms with Crippen LogP contribution in [-0.4, -0.2) is 5.91 Å². The minimum Gasteiger partial charge on any atom is -0.472 e. The Bertz CT molecular complexity index is 547. The zero-order chi connectivity index (χ0) is 12.6. The van der Waals surface area contributed by atoms with Crippen LogP contribution in [0.15, 0.2) is 53.3 Å². The fourth-order valence-electron chi connectivity index (χ4n) is 2.76. The summed E-state index contributed by atoms with van der Waals surface area (Å²) in [6.07, 6.45) is 3.88. The Morgan fingerprint density at radius 3 is 2.72 bits per heavy atom. The Morgan fingerprint density at radius 2 is 2.06 bits per heavy atom. The van der Waals surface area contributed by atoms with Gasteiger partial charge >= 0.3 is 0 Å². The SMILES string of the molecule is CC1(c2ccoc2)CC(=O)NC1c1ccccc1. The number of benzene rings is 1. The third-order valence-corrected chi connectivity index (χ3v) is 3.78.